The van der Waals surface area contributed by atoms with Crippen LogP contribution >= 0.6 is 11.3 Å². The molecule has 1 atom stereocenters. The molecule has 1 aliphatic rings. The number of hydrogen-bond acceptors (Lipinski definition) is 5. The van der Waals surface area contributed by atoms with Crippen molar-refractivity contribution >= 4 is 22.4 Å². The monoisotopic (exact) mass is 345 g/mol. The lowest BCUT2D eigenvalue weighted by molar-refractivity contribution is -0.133. The minimum Gasteiger partial charge on any atom is -0.388 e. The number of aliphatic hydroxyl groups is 1. The standard InChI is InChI=1S/C18H23N3O2S/c1-13-14(2)24-18(19-13)21-10-8-20(9-11-21)17(23)12-16(22)15-6-4-3-5-7-15/h3-7,16,22H,8-12H2,1-2H3. The van der Waals surface area contributed by atoms with Crippen molar-refractivity contribution in [2.45, 2.75) is 26.4 Å². The van der Waals surface area contributed by atoms with Crippen LogP contribution in [0.1, 0.15) is 28.7 Å². The third-order valence-electron chi connectivity index (χ3n) is 4.47. The average molecular weight is 345 g/mol. The number of aliphatic hydroxyl groups excluding tert-OH is 1. The van der Waals surface area contributed by atoms with Crippen molar-refractivity contribution in [1.82, 2.24) is 9.88 Å². The Hall–Kier alpha value is -1.92. The van der Waals surface area contributed by atoms with E-state index in [2.05, 4.69) is 16.8 Å². The number of thiazole rings is 1. The lowest BCUT2D eigenvalue weighted by Crippen LogP contribution is -2.49. The summed E-state index contributed by atoms with van der Waals surface area (Å²) >= 11 is 1.71. The second kappa shape index (κ2) is 7.32. The Kier molecular flexibility index (Phi) is 5.16. The van der Waals surface area contributed by atoms with Gasteiger partial charge in [-0.3, -0.25) is 4.79 Å². The van der Waals surface area contributed by atoms with Gasteiger partial charge in [0.15, 0.2) is 5.13 Å². The van der Waals surface area contributed by atoms with Crippen LogP contribution in [0.3, 0.4) is 0 Å². The molecule has 24 heavy (non-hydrogen) atoms. The van der Waals surface area contributed by atoms with Crippen LogP contribution in [0.5, 0.6) is 0 Å². The molecule has 2 aromatic rings. The minimum absolute atomic E-state index is 0.0116. The van der Waals surface area contributed by atoms with E-state index in [1.54, 1.807) is 11.3 Å². The summed E-state index contributed by atoms with van der Waals surface area (Å²) in [5, 5.41) is 11.3. The Morgan fingerprint density at radius 1 is 1.21 bits per heavy atom. The molecule has 1 saturated heterocycles. The smallest absolute Gasteiger partial charge is 0.225 e. The maximum absolute atomic E-state index is 12.4. The van der Waals surface area contributed by atoms with Gasteiger partial charge in [-0.1, -0.05) is 30.3 Å². The lowest BCUT2D eigenvalue weighted by atomic mass is 10.1. The Morgan fingerprint density at radius 3 is 2.46 bits per heavy atom. The molecule has 3 rings (SSSR count). The van der Waals surface area contributed by atoms with Crippen molar-refractivity contribution in [2.24, 2.45) is 0 Å². The number of carbonyl (C=O) groups is 1. The highest BCUT2D eigenvalue weighted by Gasteiger charge is 2.24. The van der Waals surface area contributed by atoms with E-state index in [4.69, 9.17) is 0 Å². The van der Waals surface area contributed by atoms with Crippen LogP contribution < -0.4 is 4.90 Å². The van der Waals surface area contributed by atoms with E-state index >= 15 is 0 Å². The van der Waals surface area contributed by atoms with Crippen LogP contribution in [0.15, 0.2) is 30.3 Å². The Morgan fingerprint density at radius 2 is 1.88 bits per heavy atom. The maximum atomic E-state index is 12.4. The van der Waals surface area contributed by atoms with Crippen LogP contribution in [0.2, 0.25) is 0 Å². The zero-order chi connectivity index (χ0) is 17.1. The number of amides is 1. The number of piperazine rings is 1. The van der Waals surface area contributed by atoms with Gasteiger partial charge in [-0.15, -0.1) is 11.3 Å². The number of aromatic nitrogens is 1. The minimum atomic E-state index is -0.735. The molecule has 1 amide bonds. The van der Waals surface area contributed by atoms with Crippen molar-refractivity contribution in [2.75, 3.05) is 31.1 Å². The average Bonchev–Trinajstić information content (AvgIpc) is 2.95. The highest BCUT2D eigenvalue weighted by atomic mass is 32.1. The van der Waals surface area contributed by atoms with Gasteiger partial charge in [0.2, 0.25) is 5.91 Å². The fraction of sp³-hybridized carbons (Fsp3) is 0.444. The molecule has 1 aliphatic heterocycles. The molecule has 1 aromatic carbocycles. The third-order valence-corrected chi connectivity index (χ3v) is 5.61. The van der Waals surface area contributed by atoms with Gasteiger partial charge in [-0.05, 0) is 19.4 Å². The number of anilines is 1. The Bertz CT molecular complexity index is 674. The molecule has 0 radical (unpaired) electrons. The molecule has 0 bridgehead atoms. The van der Waals surface area contributed by atoms with Gasteiger partial charge < -0.3 is 14.9 Å². The molecular formula is C18H23N3O2S. The van der Waals surface area contributed by atoms with E-state index in [9.17, 15) is 9.90 Å². The molecule has 5 nitrogen and oxygen atoms in total. The summed E-state index contributed by atoms with van der Waals surface area (Å²) in [6.07, 6.45) is -0.597. The van der Waals surface area contributed by atoms with Crippen molar-refractivity contribution in [1.29, 1.82) is 0 Å². The van der Waals surface area contributed by atoms with Crippen LogP contribution in [-0.4, -0.2) is 47.1 Å². The molecule has 0 aliphatic carbocycles. The molecule has 0 saturated carbocycles. The third kappa shape index (κ3) is 3.76. The normalized spacial score (nSPS) is 16.3. The van der Waals surface area contributed by atoms with E-state index in [-0.39, 0.29) is 12.3 Å². The van der Waals surface area contributed by atoms with E-state index in [1.807, 2.05) is 42.2 Å². The largest absolute Gasteiger partial charge is 0.388 e. The molecule has 1 N–H and O–H groups in total. The van der Waals surface area contributed by atoms with Crippen LogP contribution in [0.4, 0.5) is 5.13 Å². The fourth-order valence-corrected chi connectivity index (χ4v) is 3.79. The molecule has 1 unspecified atom stereocenters. The summed E-state index contributed by atoms with van der Waals surface area (Å²) in [5.74, 6) is 0.0116. The van der Waals surface area contributed by atoms with Crippen molar-refractivity contribution in [3.8, 4) is 0 Å². The number of carbonyl (C=O) groups excluding carboxylic acids is 1. The number of aryl methyl sites for hydroxylation is 2. The molecule has 2 heterocycles. The molecule has 1 aromatic heterocycles. The number of hydrogen-bond donors (Lipinski definition) is 1. The first-order valence-corrected chi connectivity index (χ1v) is 9.06. The molecule has 128 valence electrons. The van der Waals surface area contributed by atoms with E-state index in [1.165, 1.54) is 4.88 Å². The van der Waals surface area contributed by atoms with E-state index in [0.717, 1.165) is 29.5 Å². The van der Waals surface area contributed by atoms with Crippen LogP contribution in [-0.2, 0) is 4.79 Å². The van der Waals surface area contributed by atoms with Gasteiger partial charge in [0, 0.05) is 31.1 Å². The van der Waals surface area contributed by atoms with Crippen LogP contribution in [0.25, 0.3) is 0 Å². The van der Waals surface area contributed by atoms with E-state index < -0.39 is 6.10 Å². The molecule has 1 fully saturated rings. The van der Waals surface area contributed by atoms with Crippen molar-refractivity contribution in [3.63, 3.8) is 0 Å². The zero-order valence-electron chi connectivity index (χ0n) is 14.1. The molecule has 0 spiro atoms. The quantitative estimate of drug-likeness (QED) is 0.925. The second-order valence-corrected chi connectivity index (χ2v) is 7.32. The van der Waals surface area contributed by atoms with Crippen molar-refractivity contribution in [3.05, 3.63) is 46.5 Å². The van der Waals surface area contributed by atoms with Crippen LogP contribution in [0, 0.1) is 13.8 Å². The summed E-state index contributed by atoms with van der Waals surface area (Å²) in [5.41, 5.74) is 1.87. The van der Waals surface area contributed by atoms with Gasteiger partial charge in [-0.25, -0.2) is 4.98 Å². The molecular weight excluding hydrogens is 322 g/mol. The van der Waals surface area contributed by atoms with Gasteiger partial charge in [0.25, 0.3) is 0 Å². The Balaban J connectivity index is 1.53. The predicted molar refractivity (Wildman–Crippen MR) is 96.4 cm³/mol. The van der Waals surface area contributed by atoms with Gasteiger partial charge >= 0.3 is 0 Å². The summed E-state index contributed by atoms with van der Waals surface area (Å²) in [6, 6.07) is 9.35. The fourth-order valence-electron chi connectivity index (χ4n) is 2.83. The number of nitrogens with zero attached hydrogens (tertiary/aromatic N) is 3. The SMILES string of the molecule is Cc1nc(N2CCN(C(=O)CC(O)c3ccccc3)CC2)sc1C. The Labute approximate surface area is 146 Å². The predicted octanol–water partition coefficient (Wildman–Crippen LogP) is 2.53. The molecule has 6 heteroatoms. The number of benzene rings is 1. The highest BCUT2D eigenvalue weighted by Crippen LogP contribution is 2.26. The summed E-state index contributed by atoms with van der Waals surface area (Å²) < 4.78 is 0. The van der Waals surface area contributed by atoms with Gasteiger partial charge in [-0.2, -0.15) is 0 Å². The van der Waals surface area contributed by atoms with Crippen molar-refractivity contribution < 1.29 is 9.90 Å². The van der Waals surface area contributed by atoms with Gasteiger partial charge in [0.05, 0.1) is 18.2 Å². The first-order chi connectivity index (χ1) is 11.5. The van der Waals surface area contributed by atoms with E-state index in [0.29, 0.717) is 13.1 Å². The summed E-state index contributed by atoms with van der Waals surface area (Å²) in [7, 11) is 0. The first-order valence-electron chi connectivity index (χ1n) is 8.24. The van der Waals surface area contributed by atoms with Gasteiger partial charge in [0.1, 0.15) is 0 Å². The summed E-state index contributed by atoms with van der Waals surface area (Å²) in [6.45, 7) is 7.05. The lowest BCUT2D eigenvalue weighted by Gasteiger charge is -2.35. The topological polar surface area (TPSA) is 56.7 Å². The summed E-state index contributed by atoms with van der Waals surface area (Å²) in [4.78, 5) is 22.3. The zero-order valence-corrected chi connectivity index (χ0v) is 14.9. The second-order valence-electron chi connectivity index (χ2n) is 6.14. The first kappa shape index (κ1) is 16.9. The maximum Gasteiger partial charge on any atom is 0.225 e. The number of rotatable bonds is 4. The highest BCUT2D eigenvalue weighted by molar-refractivity contribution is 7.15.